The van der Waals surface area contributed by atoms with Gasteiger partial charge in [-0.3, -0.25) is 38.3 Å². The minimum atomic E-state index is -1.77. The number of aliphatic hydroxyl groups excluding tert-OH is 4. The van der Waals surface area contributed by atoms with E-state index in [2.05, 4.69) is 121 Å². The molecule has 4 aliphatic heterocycles. The van der Waals surface area contributed by atoms with Gasteiger partial charge >= 0.3 is 0 Å². The Kier molecular flexibility index (Phi) is 59.5. The molecule has 0 aliphatic carbocycles. The van der Waals surface area contributed by atoms with Gasteiger partial charge in [0.2, 0.25) is 14.7 Å². The van der Waals surface area contributed by atoms with Crippen molar-refractivity contribution in [3.63, 3.8) is 0 Å². The number of unbranched alkanes of at least 4 members (excludes halogenated alkanes) is 4. The van der Waals surface area contributed by atoms with Crippen LogP contribution in [0.5, 0.6) is 0 Å². The summed E-state index contributed by atoms with van der Waals surface area (Å²) < 4.78 is 86.8. The molecule has 9 unspecified atom stereocenters. The van der Waals surface area contributed by atoms with Crippen molar-refractivity contribution in [3.8, 4) is 0 Å². The zero-order valence-corrected chi connectivity index (χ0v) is 78.6. The number of alkyl halides is 2. The number of carbonyl (C=O) groups excluding carboxylic acids is 4. The van der Waals surface area contributed by atoms with E-state index >= 15 is 4.39 Å². The van der Waals surface area contributed by atoms with E-state index in [0.29, 0.717) is 42.1 Å². The summed E-state index contributed by atoms with van der Waals surface area (Å²) in [6.07, 6.45) is 0.318. The minimum absolute atomic E-state index is 0. The van der Waals surface area contributed by atoms with E-state index in [9.17, 15) is 28.7 Å². The molecular formula is C58H112ClF2N5O12P2S4U4. The molecule has 0 aromatic rings. The van der Waals surface area contributed by atoms with Crippen LogP contribution in [0.3, 0.4) is 0 Å². The van der Waals surface area contributed by atoms with E-state index in [1.165, 1.54) is 38.7 Å². The number of ether oxygens (including phenoxy) is 2. The van der Waals surface area contributed by atoms with Crippen molar-refractivity contribution in [1.82, 2.24) is 23.8 Å². The monoisotopic (exact) mass is 2290 g/mol. The molecule has 0 saturated carbocycles. The Labute approximate surface area is 655 Å². The van der Waals surface area contributed by atoms with Crippen LogP contribution in [-0.4, -0.2) is 204 Å². The first-order chi connectivity index (χ1) is 41.0. The van der Waals surface area contributed by atoms with E-state index in [1.54, 1.807) is 0 Å². The quantitative estimate of drug-likeness (QED) is 0.0261. The van der Waals surface area contributed by atoms with Gasteiger partial charge in [-0.15, -0.1) is 0 Å². The van der Waals surface area contributed by atoms with Crippen molar-refractivity contribution < 1.29 is 194 Å². The predicted molar refractivity (Wildman–Crippen MR) is 353 cm³/mol. The Hall–Kier alpha value is 3.94. The first kappa shape index (κ1) is 94.0. The number of carbonyl (C=O) groups is 4. The van der Waals surface area contributed by atoms with Gasteiger partial charge in [-0.2, -0.15) is 0 Å². The number of aliphatic hydroxyl groups is 4. The zero-order valence-electron chi connectivity index (χ0n) is 60.2. The molecule has 512 valence electrons. The number of amides is 2. The van der Waals surface area contributed by atoms with Crippen molar-refractivity contribution >= 4 is 93.9 Å². The molecule has 2 amide bonds. The van der Waals surface area contributed by atoms with Crippen molar-refractivity contribution in [3.05, 3.63) is 24.6 Å². The average Bonchev–Trinajstić information content (AvgIpc) is 1.66. The van der Waals surface area contributed by atoms with Gasteiger partial charge in [0, 0.05) is 218 Å². The summed E-state index contributed by atoms with van der Waals surface area (Å²) in [5.74, 6) is 0.533. The van der Waals surface area contributed by atoms with Crippen LogP contribution in [0.4, 0.5) is 8.78 Å². The molecule has 0 aromatic carbocycles. The molecule has 4 N–H and O–H groups in total. The number of allylic oxidation sites excluding steroid dienone is 2. The minimum Gasteiger partial charge on any atom is -0.400 e. The third-order valence-electron chi connectivity index (χ3n) is 11.7. The molecule has 4 rings (SSSR count). The second-order valence-electron chi connectivity index (χ2n) is 23.5. The van der Waals surface area contributed by atoms with Gasteiger partial charge in [0.05, 0.1) is 31.7 Å². The summed E-state index contributed by atoms with van der Waals surface area (Å²) in [7, 11) is 7.92. The Morgan fingerprint density at radius 1 is 0.659 bits per heavy atom. The third kappa shape index (κ3) is 41.5. The summed E-state index contributed by atoms with van der Waals surface area (Å²) in [6.45, 7) is 39.6. The first-order valence-corrected chi connectivity index (χ1v) is 36.9. The number of hydrogen-bond donors (Lipinski definition) is 4. The fourth-order valence-corrected chi connectivity index (χ4v) is 18.8. The molecule has 4 aliphatic rings. The van der Waals surface area contributed by atoms with Crippen LogP contribution >= 0.6 is 70.5 Å². The Morgan fingerprint density at radius 3 is 1.35 bits per heavy atom. The normalized spacial score (nSPS) is 22.7. The molecule has 30 heteroatoms. The predicted octanol–water partition coefficient (Wildman–Crippen LogP) is 13.5. The molecule has 88 heavy (non-hydrogen) atoms. The molecule has 9 atom stereocenters. The molecule has 2 saturated heterocycles. The largest absolute Gasteiger partial charge is 0.400 e. The Balaban J connectivity index is -0.000000282. The molecule has 0 bridgehead atoms. The summed E-state index contributed by atoms with van der Waals surface area (Å²) in [5.41, 5.74) is 0. The maximum atomic E-state index is 15.7. The van der Waals surface area contributed by atoms with Gasteiger partial charge in [-0.05, 0) is 135 Å². The van der Waals surface area contributed by atoms with Crippen LogP contribution in [0.2, 0.25) is 0 Å². The van der Waals surface area contributed by atoms with Crippen LogP contribution in [0.1, 0.15) is 193 Å². The number of halogens is 3. The van der Waals surface area contributed by atoms with Gasteiger partial charge in [-0.25, -0.2) is 13.5 Å². The van der Waals surface area contributed by atoms with E-state index in [0.717, 1.165) is 59.9 Å². The van der Waals surface area contributed by atoms with Gasteiger partial charge in [-0.1, -0.05) is 109 Å². The van der Waals surface area contributed by atoms with Gasteiger partial charge in [0.1, 0.15) is 19.8 Å². The molecule has 0 radical (unpaired) electrons. The summed E-state index contributed by atoms with van der Waals surface area (Å²) in [4.78, 5) is 48.4. The smallest absolute Gasteiger partial charge is 0.259 e. The van der Waals surface area contributed by atoms with Crippen molar-refractivity contribution in [2.75, 3.05) is 38.9 Å². The summed E-state index contributed by atoms with van der Waals surface area (Å²) >= 11 is 6.71. The number of hydrogen-bond acceptors (Lipinski definition) is 19. The molecule has 0 spiro atoms. The number of nitrogens with zero attached hydrogens (tertiary/aromatic N) is 5. The van der Waals surface area contributed by atoms with E-state index < -0.39 is 77.1 Å². The zero-order chi connectivity index (χ0) is 68.2. The van der Waals surface area contributed by atoms with Crippen LogP contribution in [-0.2, 0) is 37.7 Å². The maximum Gasteiger partial charge on any atom is 0.259 e. The summed E-state index contributed by atoms with van der Waals surface area (Å²) in [5, 5.41) is 25.0. The molecule has 4 heterocycles. The average molecular weight is 2290 g/mol. The van der Waals surface area contributed by atoms with E-state index in [1.807, 2.05) is 70.9 Å². The fourth-order valence-electron chi connectivity index (χ4n) is 8.29. The standard InChI is InChI=1S/C25H44FN2O5PS2.C12H28ClN2P.C10H12FNO4.C9H20OS2.2CH4O.4U/c1-17(2)28(18(3)4)34(31-14-10-9-11-15-35-36-25(6,7)8)33-23-19(5)32-24(22(23)26)27-13-12-20(29)16-21(27)30;1-9(2)14(10(3)4)16(13)15(11(5)6)12(7)8;1-5-9(15)8(11)10(16-5)12-3-2-6(13)4-7(12)14;1-9(2,3)12-11-8-6-4-5-7-10;2*1-2;;;;/h12-13,17-19,22-24H,9-11,14-16H2,1-8H3;9-12H,1-8H3;2-3,5,8-10,15H,4H2,1H3;10H,4-8H2,1-3H3;2*2H,1H3;;;;/i5D;;1D;;2*2T;;;;. The topological polar surface area (TPSA) is 202 Å². The van der Waals surface area contributed by atoms with Crippen LogP contribution < -0.4 is 0 Å². The third-order valence-corrected chi connectivity index (χ3v) is 24.4. The maximum absolute atomic E-state index is 15.7. The van der Waals surface area contributed by atoms with Crippen LogP contribution in [0, 0.1) is 124 Å². The molecular weight excluding hydrogens is 2170 g/mol. The van der Waals surface area contributed by atoms with Crippen molar-refractivity contribution in [2.45, 2.75) is 285 Å². The Bertz CT molecular complexity index is 1950. The summed E-state index contributed by atoms with van der Waals surface area (Å²) in [6, 6.07) is 2.15. The SMILES string of the molecule is CC(C)(C)SSCCCCCO.CC(C)N(C(C)C)P(Cl)N(C(C)C)C(C)C.[2H]CC1OC(N2C=CC(=O)CC2=O)C(F)C1O.[2H]CC1OC(N2C=CC(=O)CC2=O)C(F)C1OP(OCCCCCSSC(C)(C)C)N(C(C)C)C(C)C.[3H]OC.[3H]OC.[U].[U].[U].[U]. The van der Waals surface area contributed by atoms with E-state index in [4.69, 9.17) is 40.5 Å². The number of ketones is 2. The molecule has 0 aromatic heterocycles. The second kappa shape index (κ2) is 55.7. The van der Waals surface area contributed by atoms with Gasteiger partial charge in [0.15, 0.2) is 36.4 Å². The van der Waals surface area contributed by atoms with Gasteiger partial charge < -0.3 is 39.0 Å². The van der Waals surface area contributed by atoms with Crippen LogP contribution in [0.15, 0.2) is 24.6 Å². The fraction of sp³-hybridized carbons (Fsp3) is 0.862. The van der Waals surface area contributed by atoms with Crippen molar-refractivity contribution in [1.29, 1.82) is 2.86 Å². The number of rotatable bonds is 27. The molecule has 17 nitrogen and oxygen atoms in total. The van der Waals surface area contributed by atoms with Gasteiger partial charge in [0.25, 0.3) is 8.53 Å². The molecule has 2 fully saturated rings. The van der Waals surface area contributed by atoms with Crippen LogP contribution in [0.25, 0.3) is 0 Å². The first-order valence-electron chi connectivity index (χ1n) is 31.2. The second-order valence-corrected chi connectivity index (χ2v) is 33.7. The van der Waals surface area contributed by atoms with E-state index in [-0.39, 0.29) is 179 Å². The Morgan fingerprint density at radius 2 is 1.02 bits per heavy atom. The van der Waals surface area contributed by atoms with Crippen molar-refractivity contribution in [2.24, 2.45) is 0 Å².